The van der Waals surface area contributed by atoms with E-state index in [0.29, 0.717) is 10.2 Å². The highest BCUT2D eigenvalue weighted by molar-refractivity contribution is 7.15. The molecule has 0 aliphatic rings. The second-order valence-electron chi connectivity index (χ2n) is 2.27. The summed E-state index contributed by atoms with van der Waals surface area (Å²) in [5, 5.41) is 0. The van der Waals surface area contributed by atoms with Gasteiger partial charge in [-0.05, 0) is 13.1 Å². The molecule has 0 saturated heterocycles. The van der Waals surface area contributed by atoms with Gasteiger partial charge in [-0.15, -0.1) is 11.1 Å². The molecule has 0 bridgehead atoms. The van der Waals surface area contributed by atoms with E-state index in [1.165, 1.54) is 0 Å². The maximum atomic E-state index is 5.79. The summed E-state index contributed by atoms with van der Waals surface area (Å²) >= 11 is 16.9. The van der Waals surface area contributed by atoms with Gasteiger partial charge in [0.15, 0.2) is 4.14 Å². The van der Waals surface area contributed by atoms with Crippen molar-refractivity contribution in [2.75, 3.05) is 0 Å². The summed E-state index contributed by atoms with van der Waals surface area (Å²) in [6.45, 7) is 3.65. The molecule has 0 aliphatic heterocycles. The minimum Gasteiger partial charge on any atom is -0.376 e. The van der Waals surface area contributed by atoms with Gasteiger partial charge in [-0.3, -0.25) is 0 Å². The molecule has 0 spiro atoms. The van der Waals surface area contributed by atoms with Crippen molar-refractivity contribution in [1.29, 1.82) is 0 Å². The molecule has 0 heterocycles. The number of halogens is 3. The Labute approximate surface area is 73.9 Å². The molecule has 0 radical (unpaired) electrons. The van der Waals surface area contributed by atoms with E-state index >= 15 is 0 Å². The molecule has 0 atom stereocenters. The Bertz CT molecular complexity index is 82.2. The summed E-state index contributed by atoms with van der Waals surface area (Å²) in [5.74, 6) is 0. The monoisotopic (exact) mass is 222 g/mol. The first-order valence-electron chi connectivity index (χ1n) is 2.48. The van der Waals surface area contributed by atoms with Crippen LogP contribution in [0.1, 0.15) is 0 Å². The molecule has 0 aromatic heterocycles. The first-order valence-corrected chi connectivity index (χ1v) is 8.15. The van der Waals surface area contributed by atoms with E-state index in [1.54, 1.807) is 0 Å². The highest BCUT2D eigenvalue weighted by Crippen LogP contribution is 2.24. The lowest BCUT2D eigenvalue weighted by Gasteiger charge is -2.22. The van der Waals surface area contributed by atoms with E-state index in [1.807, 2.05) is 13.1 Å². The van der Waals surface area contributed by atoms with Crippen molar-refractivity contribution in [3.63, 3.8) is 0 Å². The number of alkyl halides is 2. The van der Waals surface area contributed by atoms with Crippen molar-refractivity contribution < 1.29 is 4.43 Å². The van der Waals surface area contributed by atoms with Crippen molar-refractivity contribution in [2.45, 2.75) is 17.2 Å². The summed E-state index contributed by atoms with van der Waals surface area (Å²) in [4.78, 5) is 0. The van der Waals surface area contributed by atoms with Crippen molar-refractivity contribution in [2.24, 2.45) is 0 Å². The van der Waals surface area contributed by atoms with Crippen molar-refractivity contribution >= 4 is 52.2 Å². The zero-order valence-electron chi connectivity index (χ0n) is 5.54. The lowest BCUT2D eigenvalue weighted by molar-refractivity contribution is 0.322. The summed E-state index contributed by atoms with van der Waals surface area (Å²) in [6.07, 6.45) is 0. The Hall–Kier alpha value is 1.26. The van der Waals surface area contributed by atoms with Crippen LogP contribution in [0.15, 0.2) is 0 Å². The molecule has 1 nitrogen and oxygen atoms in total. The molecule has 0 unspecified atom stereocenters. The Morgan fingerprint density at radius 2 is 1.78 bits per heavy atom. The van der Waals surface area contributed by atoms with Crippen molar-refractivity contribution in [1.82, 2.24) is 0 Å². The molecule has 0 aromatic carbocycles. The fourth-order valence-corrected chi connectivity index (χ4v) is 5.05. The van der Waals surface area contributed by atoms with Gasteiger partial charge in [-0.2, -0.15) is 0 Å². The first kappa shape index (κ1) is 10.3. The van der Waals surface area contributed by atoms with Crippen LogP contribution in [-0.2, 0) is 4.43 Å². The topological polar surface area (TPSA) is 9.23 Å². The molecular formula is C3H9Cl3OSi2. The number of hydrogen-bond donors (Lipinski definition) is 0. The Morgan fingerprint density at radius 1 is 1.44 bits per heavy atom. The summed E-state index contributed by atoms with van der Waals surface area (Å²) in [5.41, 5.74) is 0. The van der Waals surface area contributed by atoms with Gasteiger partial charge in [0.05, 0.1) is 10.2 Å². The van der Waals surface area contributed by atoms with E-state index in [4.69, 9.17) is 38.7 Å². The van der Waals surface area contributed by atoms with Crippen LogP contribution in [0.25, 0.3) is 0 Å². The lowest BCUT2D eigenvalue weighted by atomic mass is 11.6. The van der Waals surface area contributed by atoms with Gasteiger partial charge >= 0.3 is 0 Å². The normalized spacial score (nSPS) is 14.3. The highest BCUT2D eigenvalue weighted by atomic mass is 35.6. The smallest absolute Gasteiger partial charge is 0.286 e. The average Bonchev–Trinajstić information content (AvgIpc) is 1.14. The number of rotatable bonds is 2. The van der Waals surface area contributed by atoms with Crippen LogP contribution in [0.5, 0.6) is 0 Å². The second kappa shape index (κ2) is 3.11. The molecule has 0 N–H and O–H groups in total. The molecular weight excluding hydrogens is 215 g/mol. The Balaban J connectivity index is 3.75. The Morgan fingerprint density at radius 3 is 1.78 bits per heavy atom. The predicted octanol–water partition coefficient (Wildman–Crippen LogP) is 1.40. The van der Waals surface area contributed by atoms with Crippen LogP contribution in [0, 0.1) is 0 Å². The maximum absolute atomic E-state index is 5.79. The van der Waals surface area contributed by atoms with E-state index in [2.05, 4.69) is 0 Å². The van der Waals surface area contributed by atoms with E-state index in [9.17, 15) is 0 Å². The van der Waals surface area contributed by atoms with E-state index in [0.717, 1.165) is 0 Å². The quantitative estimate of drug-likeness (QED) is 0.391. The summed E-state index contributed by atoms with van der Waals surface area (Å²) in [7, 11) is -1.48. The molecule has 0 aromatic rings. The van der Waals surface area contributed by atoms with E-state index in [-0.39, 0.29) is 0 Å². The van der Waals surface area contributed by atoms with Gasteiger partial charge in [0.25, 0.3) is 7.63 Å². The predicted molar refractivity (Wildman–Crippen MR) is 48.8 cm³/mol. The summed E-state index contributed by atoms with van der Waals surface area (Å²) in [6, 6.07) is 0. The third-order valence-electron chi connectivity index (χ3n) is 0.422. The lowest BCUT2D eigenvalue weighted by Crippen LogP contribution is -2.33. The third kappa shape index (κ3) is 9.26. The molecule has 0 saturated carbocycles. The first-order chi connectivity index (χ1) is 3.71. The standard InChI is InChI=1S/C3H9Cl3OSi2/c1-9(2,6)7-3(4,5)8/h1-2,8H3. The fourth-order valence-electron chi connectivity index (χ4n) is 0.426. The van der Waals surface area contributed by atoms with Crippen LogP contribution in [0.2, 0.25) is 13.1 Å². The Kier molecular flexibility index (Phi) is 3.55. The molecule has 0 amide bonds. The van der Waals surface area contributed by atoms with Crippen molar-refractivity contribution in [3.05, 3.63) is 0 Å². The molecule has 0 rings (SSSR count). The van der Waals surface area contributed by atoms with Crippen LogP contribution in [-0.4, -0.2) is 22.0 Å². The van der Waals surface area contributed by atoms with E-state index < -0.39 is 11.8 Å². The third-order valence-corrected chi connectivity index (χ3v) is 2.57. The van der Waals surface area contributed by atoms with Crippen LogP contribution in [0.4, 0.5) is 0 Å². The van der Waals surface area contributed by atoms with Gasteiger partial charge < -0.3 is 4.43 Å². The molecule has 0 fully saturated rings. The minimum atomic E-state index is -2.05. The maximum Gasteiger partial charge on any atom is 0.286 e. The van der Waals surface area contributed by atoms with Crippen LogP contribution < -0.4 is 0 Å². The van der Waals surface area contributed by atoms with Crippen LogP contribution in [0.3, 0.4) is 0 Å². The zero-order chi connectivity index (χ0) is 7.71. The molecule has 9 heavy (non-hydrogen) atoms. The fraction of sp³-hybridized carbons (Fsp3) is 1.00. The molecule has 0 aliphatic carbocycles. The molecule has 56 valence electrons. The minimum absolute atomic E-state index is 0.568. The van der Waals surface area contributed by atoms with Crippen LogP contribution >= 0.6 is 34.3 Å². The molecule has 6 heteroatoms. The van der Waals surface area contributed by atoms with Crippen molar-refractivity contribution in [3.8, 4) is 0 Å². The largest absolute Gasteiger partial charge is 0.376 e. The second-order valence-corrected chi connectivity index (χ2v) is 12.2. The number of hydrogen-bond acceptors (Lipinski definition) is 1. The highest BCUT2D eigenvalue weighted by Gasteiger charge is 2.28. The van der Waals surface area contributed by atoms with Gasteiger partial charge in [0.2, 0.25) is 0 Å². The zero-order valence-corrected chi connectivity index (χ0v) is 10.8. The average molecular weight is 224 g/mol. The van der Waals surface area contributed by atoms with Gasteiger partial charge in [-0.1, -0.05) is 23.2 Å². The SMILES string of the molecule is C[Si](C)(Cl)OC([SiH3])(Cl)Cl. The van der Waals surface area contributed by atoms with Gasteiger partial charge in [0, 0.05) is 0 Å². The summed E-state index contributed by atoms with van der Waals surface area (Å²) < 4.78 is 4.12. The van der Waals surface area contributed by atoms with Gasteiger partial charge in [0.1, 0.15) is 0 Å². The van der Waals surface area contributed by atoms with Gasteiger partial charge in [-0.25, -0.2) is 0 Å².